The van der Waals surface area contributed by atoms with Gasteiger partial charge in [-0.25, -0.2) is 9.59 Å². The van der Waals surface area contributed by atoms with Crippen molar-refractivity contribution in [2.45, 2.75) is 0 Å². The summed E-state index contributed by atoms with van der Waals surface area (Å²) in [6.07, 6.45) is 1.49. The van der Waals surface area contributed by atoms with E-state index in [2.05, 4.69) is 32.1 Å². The van der Waals surface area contributed by atoms with E-state index >= 15 is 0 Å². The van der Waals surface area contributed by atoms with Crippen LogP contribution >= 0.6 is 22.6 Å². The molecular formula is C16H13IO4. The van der Waals surface area contributed by atoms with E-state index in [9.17, 15) is 9.59 Å². The second-order valence-corrected chi connectivity index (χ2v) is 5.31. The quantitative estimate of drug-likeness (QED) is 0.263. The van der Waals surface area contributed by atoms with E-state index in [-0.39, 0.29) is 5.57 Å². The van der Waals surface area contributed by atoms with Crippen LogP contribution < -0.4 is 0 Å². The Balaban J connectivity index is 2.59. The van der Waals surface area contributed by atoms with Crippen molar-refractivity contribution >= 4 is 51.4 Å². The number of esters is 2. The van der Waals surface area contributed by atoms with Crippen molar-refractivity contribution in [1.29, 1.82) is 0 Å². The van der Waals surface area contributed by atoms with Crippen molar-refractivity contribution in [3.05, 3.63) is 51.1 Å². The van der Waals surface area contributed by atoms with Crippen molar-refractivity contribution in [2.24, 2.45) is 0 Å². The Hall–Kier alpha value is -1.89. The molecule has 0 radical (unpaired) electrons. The lowest BCUT2D eigenvalue weighted by atomic mass is 10.0. The highest BCUT2D eigenvalue weighted by molar-refractivity contribution is 14.1. The zero-order chi connectivity index (χ0) is 15.4. The van der Waals surface area contributed by atoms with Crippen LogP contribution in [0, 0.1) is 3.57 Å². The third-order valence-corrected chi connectivity index (χ3v) is 4.21. The molecule has 0 fully saturated rings. The molecule has 4 nitrogen and oxygen atoms in total. The third-order valence-electron chi connectivity index (χ3n) is 3.00. The first-order chi connectivity index (χ1) is 10.1. The summed E-state index contributed by atoms with van der Waals surface area (Å²) >= 11 is 2.19. The molecule has 0 aliphatic carbocycles. The maximum absolute atomic E-state index is 11.7. The number of halogens is 1. The van der Waals surface area contributed by atoms with Gasteiger partial charge in [0.15, 0.2) is 0 Å². The molecule has 21 heavy (non-hydrogen) atoms. The summed E-state index contributed by atoms with van der Waals surface area (Å²) in [6.45, 7) is 0. The normalized spacial score (nSPS) is 10.0. The number of ether oxygens (including phenoxy) is 2. The van der Waals surface area contributed by atoms with Crippen LogP contribution in [0.1, 0.15) is 5.56 Å². The maximum Gasteiger partial charge on any atom is 0.345 e. The Morgan fingerprint density at radius 1 is 1.00 bits per heavy atom. The van der Waals surface area contributed by atoms with Crippen molar-refractivity contribution in [2.75, 3.05) is 14.2 Å². The summed E-state index contributed by atoms with van der Waals surface area (Å²) in [5.41, 5.74) is 0.633. The molecule has 0 saturated heterocycles. The largest absolute Gasteiger partial charge is 0.465 e. The van der Waals surface area contributed by atoms with Gasteiger partial charge in [0.05, 0.1) is 14.2 Å². The zero-order valence-corrected chi connectivity index (χ0v) is 13.7. The molecule has 0 amide bonds. The number of carbonyl (C=O) groups excluding carboxylic acids is 2. The second-order valence-electron chi connectivity index (χ2n) is 4.23. The number of carbonyl (C=O) groups is 2. The molecule has 0 aliphatic rings. The second kappa shape index (κ2) is 6.71. The summed E-state index contributed by atoms with van der Waals surface area (Å²) in [7, 11) is 2.45. The van der Waals surface area contributed by atoms with Gasteiger partial charge in [0.25, 0.3) is 0 Å². The standard InChI is InChI=1S/C16H13IO4/c1-20-15(18)13(16(19)21-2)9-11-8-7-10-5-3-4-6-12(10)14(11)17/h3-9H,1-2H3. The van der Waals surface area contributed by atoms with Crippen molar-refractivity contribution in [1.82, 2.24) is 0 Å². The monoisotopic (exact) mass is 396 g/mol. The van der Waals surface area contributed by atoms with Crippen LogP contribution in [0.25, 0.3) is 16.8 Å². The van der Waals surface area contributed by atoms with Gasteiger partial charge in [0.1, 0.15) is 5.57 Å². The van der Waals surface area contributed by atoms with E-state index < -0.39 is 11.9 Å². The highest BCUT2D eigenvalue weighted by Gasteiger charge is 2.20. The van der Waals surface area contributed by atoms with Gasteiger partial charge in [0, 0.05) is 3.57 Å². The minimum Gasteiger partial charge on any atom is -0.465 e. The smallest absolute Gasteiger partial charge is 0.345 e. The molecule has 0 atom stereocenters. The zero-order valence-electron chi connectivity index (χ0n) is 11.6. The van der Waals surface area contributed by atoms with Crippen LogP contribution in [0.3, 0.4) is 0 Å². The Labute approximate surface area is 135 Å². The molecule has 108 valence electrons. The number of fused-ring (bicyclic) bond motifs is 1. The van der Waals surface area contributed by atoms with Gasteiger partial charge >= 0.3 is 11.9 Å². The van der Waals surface area contributed by atoms with Gasteiger partial charge in [-0.05, 0) is 45.0 Å². The molecule has 0 N–H and O–H groups in total. The van der Waals surface area contributed by atoms with Crippen molar-refractivity contribution in [3.8, 4) is 0 Å². The minimum atomic E-state index is -0.717. The predicted molar refractivity (Wildman–Crippen MR) is 88.7 cm³/mol. The fraction of sp³-hybridized carbons (Fsp3) is 0.125. The number of benzene rings is 2. The van der Waals surface area contributed by atoms with Gasteiger partial charge < -0.3 is 9.47 Å². The van der Waals surface area contributed by atoms with Crippen LogP contribution in [-0.2, 0) is 19.1 Å². The van der Waals surface area contributed by atoms with Gasteiger partial charge in [-0.2, -0.15) is 0 Å². The molecule has 0 heterocycles. The van der Waals surface area contributed by atoms with E-state index in [4.69, 9.17) is 0 Å². The molecule has 0 aromatic heterocycles. The third kappa shape index (κ3) is 3.24. The van der Waals surface area contributed by atoms with Gasteiger partial charge in [-0.1, -0.05) is 36.4 Å². The lowest BCUT2D eigenvalue weighted by Crippen LogP contribution is -2.15. The number of hydrogen-bond acceptors (Lipinski definition) is 4. The average Bonchev–Trinajstić information content (AvgIpc) is 2.53. The van der Waals surface area contributed by atoms with Crippen LogP contribution in [0.4, 0.5) is 0 Å². The summed E-state index contributed by atoms with van der Waals surface area (Å²) in [6, 6.07) is 11.7. The number of rotatable bonds is 3. The maximum atomic E-state index is 11.7. The van der Waals surface area contributed by atoms with E-state index in [1.807, 2.05) is 36.4 Å². The highest BCUT2D eigenvalue weighted by Crippen LogP contribution is 2.26. The summed E-state index contributed by atoms with van der Waals surface area (Å²) in [5, 5.41) is 2.15. The Morgan fingerprint density at radius 3 is 2.24 bits per heavy atom. The van der Waals surface area contributed by atoms with Gasteiger partial charge in [0.2, 0.25) is 0 Å². The molecule has 0 saturated carbocycles. The van der Waals surface area contributed by atoms with Crippen LogP contribution in [0.2, 0.25) is 0 Å². The first-order valence-electron chi connectivity index (χ1n) is 6.14. The first-order valence-corrected chi connectivity index (χ1v) is 7.22. The molecule has 2 rings (SSSR count). The topological polar surface area (TPSA) is 52.6 Å². The summed E-state index contributed by atoms with van der Waals surface area (Å²) in [5.74, 6) is -1.43. The first kappa shape index (κ1) is 15.5. The Morgan fingerprint density at radius 2 is 1.62 bits per heavy atom. The molecule has 2 aromatic carbocycles. The number of hydrogen-bond donors (Lipinski definition) is 0. The molecule has 0 unspecified atom stereocenters. The van der Waals surface area contributed by atoms with E-state index in [0.29, 0.717) is 0 Å². The molecule has 2 aromatic rings. The summed E-state index contributed by atoms with van der Waals surface area (Å²) < 4.78 is 10.2. The van der Waals surface area contributed by atoms with Crippen LogP contribution in [0.5, 0.6) is 0 Å². The van der Waals surface area contributed by atoms with Gasteiger partial charge in [-0.15, -0.1) is 0 Å². The Kier molecular flexibility index (Phi) is 4.95. The minimum absolute atomic E-state index is 0.131. The predicted octanol–water partition coefficient (Wildman–Crippen LogP) is 3.17. The van der Waals surface area contributed by atoms with E-state index in [1.54, 1.807) is 0 Å². The molecule has 0 aliphatic heterocycles. The average molecular weight is 396 g/mol. The van der Waals surface area contributed by atoms with Crippen LogP contribution in [0.15, 0.2) is 42.0 Å². The number of methoxy groups -OCH3 is 2. The Bertz CT molecular complexity index is 716. The fourth-order valence-corrected chi connectivity index (χ4v) is 2.77. The lowest BCUT2D eigenvalue weighted by molar-refractivity contribution is -0.143. The highest BCUT2D eigenvalue weighted by atomic mass is 127. The molecule has 0 spiro atoms. The van der Waals surface area contributed by atoms with E-state index in [1.165, 1.54) is 20.3 Å². The van der Waals surface area contributed by atoms with Gasteiger partial charge in [-0.3, -0.25) is 0 Å². The van der Waals surface area contributed by atoms with E-state index in [0.717, 1.165) is 19.9 Å². The lowest BCUT2D eigenvalue weighted by Gasteiger charge is -2.07. The fourth-order valence-electron chi connectivity index (χ4n) is 1.94. The van der Waals surface area contributed by atoms with Crippen molar-refractivity contribution in [3.63, 3.8) is 0 Å². The van der Waals surface area contributed by atoms with Crippen LogP contribution in [-0.4, -0.2) is 26.2 Å². The molecular weight excluding hydrogens is 383 g/mol. The molecule has 0 bridgehead atoms. The summed E-state index contributed by atoms with van der Waals surface area (Å²) in [4.78, 5) is 23.4. The SMILES string of the molecule is COC(=O)C(=Cc1ccc2ccccc2c1I)C(=O)OC. The molecule has 5 heteroatoms. The van der Waals surface area contributed by atoms with Crippen molar-refractivity contribution < 1.29 is 19.1 Å².